The number of para-hydroxylation sites is 1. The molecule has 7 heteroatoms. The standard InChI is InChI=1S/C23H25N3O3S/c1-15-6-2-3-8-18(15)29-13-5-9-19(27)26-12-10-16(14-26)20-17-7-4-11-25-23(17)30-21(20)22(24)28/h2-4,6-8,11,16H,5,9-10,12-14H2,1H3,(H2,24,28)/t16-/m1/s1. The van der Waals surface area contributed by atoms with E-state index in [1.54, 1.807) is 6.20 Å². The van der Waals surface area contributed by atoms with Crippen LogP contribution in [0.1, 0.15) is 46.0 Å². The number of carbonyl (C=O) groups excluding carboxylic acids is 2. The number of ether oxygens (including phenoxy) is 1. The minimum Gasteiger partial charge on any atom is -0.493 e. The third kappa shape index (κ3) is 4.16. The van der Waals surface area contributed by atoms with E-state index in [1.807, 2.05) is 48.2 Å². The molecule has 2 aromatic heterocycles. The number of benzene rings is 1. The van der Waals surface area contributed by atoms with Crippen LogP contribution in [0.15, 0.2) is 42.6 Å². The van der Waals surface area contributed by atoms with Crippen molar-refractivity contribution >= 4 is 33.4 Å². The van der Waals surface area contributed by atoms with Crippen LogP contribution in [0.25, 0.3) is 10.2 Å². The number of pyridine rings is 1. The van der Waals surface area contributed by atoms with Crippen LogP contribution in [-0.4, -0.2) is 41.4 Å². The van der Waals surface area contributed by atoms with Gasteiger partial charge in [0.2, 0.25) is 5.91 Å². The van der Waals surface area contributed by atoms with Crippen LogP contribution in [0.4, 0.5) is 0 Å². The highest BCUT2D eigenvalue weighted by Crippen LogP contribution is 2.39. The summed E-state index contributed by atoms with van der Waals surface area (Å²) in [6, 6.07) is 11.7. The highest BCUT2D eigenvalue weighted by Gasteiger charge is 2.32. The third-order valence-electron chi connectivity index (χ3n) is 5.56. The molecule has 2 amide bonds. The highest BCUT2D eigenvalue weighted by atomic mass is 32.1. The van der Waals surface area contributed by atoms with Crippen molar-refractivity contribution in [2.24, 2.45) is 5.73 Å². The van der Waals surface area contributed by atoms with E-state index in [0.29, 0.717) is 37.4 Å². The summed E-state index contributed by atoms with van der Waals surface area (Å²) in [5.74, 6) is 0.677. The zero-order valence-corrected chi connectivity index (χ0v) is 17.8. The van der Waals surface area contributed by atoms with Crippen LogP contribution < -0.4 is 10.5 Å². The second kappa shape index (κ2) is 8.83. The molecule has 0 spiro atoms. The number of carbonyl (C=O) groups is 2. The monoisotopic (exact) mass is 423 g/mol. The van der Waals surface area contributed by atoms with Crippen molar-refractivity contribution in [2.75, 3.05) is 19.7 Å². The molecule has 1 atom stereocenters. The number of hydrogen-bond donors (Lipinski definition) is 1. The number of amides is 2. The Morgan fingerprint density at radius 2 is 2.10 bits per heavy atom. The molecular formula is C23H25N3O3S. The van der Waals surface area contributed by atoms with Gasteiger partial charge in [-0.1, -0.05) is 24.3 Å². The van der Waals surface area contributed by atoms with Crippen molar-refractivity contribution in [1.82, 2.24) is 9.88 Å². The zero-order valence-electron chi connectivity index (χ0n) is 17.0. The van der Waals surface area contributed by atoms with Gasteiger partial charge in [0, 0.05) is 37.0 Å². The lowest BCUT2D eigenvalue weighted by molar-refractivity contribution is -0.130. The lowest BCUT2D eigenvalue weighted by Crippen LogP contribution is -2.28. The number of fused-ring (bicyclic) bond motifs is 1. The normalized spacial score (nSPS) is 16.2. The summed E-state index contributed by atoms with van der Waals surface area (Å²) in [5.41, 5.74) is 7.67. The maximum Gasteiger partial charge on any atom is 0.259 e. The number of aromatic nitrogens is 1. The van der Waals surface area contributed by atoms with Gasteiger partial charge >= 0.3 is 0 Å². The van der Waals surface area contributed by atoms with Gasteiger partial charge in [-0.05, 0) is 43.0 Å². The molecule has 4 rings (SSSR count). The first-order valence-corrected chi connectivity index (χ1v) is 11.0. The maximum atomic E-state index is 12.7. The molecule has 6 nitrogen and oxygen atoms in total. The lowest BCUT2D eigenvalue weighted by atomic mass is 9.95. The molecule has 1 aliphatic heterocycles. The fourth-order valence-electron chi connectivity index (χ4n) is 4.04. The van der Waals surface area contributed by atoms with Gasteiger partial charge in [0.25, 0.3) is 5.91 Å². The topological polar surface area (TPSA) is 85.5 Å². The number of aryl methyl sites for hydroxylation is 1. The zero-order chi connectivity index (χ0) is 21.1. The first-order valence-electron chi connectivity index (χ1n) is 10.2. The second-order valence-corrected chi connectivity index (χ2v) is 8.61. The van der Waals surface area contributed by atoms with Crippen LogP contribution in [0.3, 0.4) is 0 Å². The molecule has 1 fully saturated rings. The van der Waals surface area contributed by atoms with E-state index in [4.69, 9.17) is 10.5 Å². The summed E-state index contributed by atoms with van der Waals surface area (Å²) >= 11 is 1.34. The molecule has 0 bridgehead atoms. The Hall–Kier alpha value is -2.93. The SMILES string of the molecule is Cc1ccccc1OCCCC(=O)N1CC[C@@H](c2c(C(N)=O)sc3ncccc23)C1. The molecule has 30 heavy (non-hydrogen) atoms. The molecule has 0 aliphatic carbocycles. The molecule has 0 unspecified atom stereocenters. The van der Waals surface area contributed by atoms with Gasteiger partial charge in [-0.2, -0.15) is 0 Å². The van der Waals surface area contributed by atoms with E-state index in [2.05, 4.69) is 4.98 Å². The summed E-state index contributed by atoms with van der Waals surface area (Å²) in [5, 5.41) is 0.974. The van der Waals surface area contributed by atoms with Crippen LogP contribution in [0, 0.1) is 6.92 Å². The first-order chi connectivity index (χ1) is 14.5. The molecule has 2 N–H and O–H groups in total. The summed E-state index contributed by atoms with van der Waals surface area (Å²) in [7, 11) is 0. The van der Waals surface area contributed by atoms with Gasteiger partial charge in [0.1, 0.15) is 10.6 Å². The average Bonchev–Trinajstić information content (AvgIpc) is 3.37. The summed E-state index contributed by atoms with van der Waals surface area (Å²) in [6.07, 6.45) is 3.67. The smallest absolute Gasteiger partial charge is 0.259 e. The van der Waals surface area contributed by atoms with Gasteiger partial charge in [-0.15, -0.1) is 11.3 Å². The Bertz CT molecular complexity index is 1080. The Balaban J connectivity index is 1.36. The third-order valence-corrected chi connectivity index (χ3v) is 6.71. The Morgan fingerprint density at radius 3 is 2.90 bits per heavy atom. The number of nitrogens with two attached hydrogens (primary N) is 1. The minimum absolute atomic E-state index is 0.109. The quantitative estimate of drug-likeness (QED) is 0.585. The van der Waals surface area contributed by atoms with Crippen molar-refractivity contribution in [3.8, 4) is 5.75 Å². The van der Waals surface area contributed by atoms with Gasteiger partial charge in [-0.25, -0.2) is 4.98 Å². The van der Waals surface area contributed by atoms with Crippen LogP contribution >= 0.6 is 11.3 Å². The largest absolute Gasteiger partial charge is 0.493 e. The van der Waals surface area contributed by atoms with Crippen molar-refractivity contribution in [3.63, 3.8) is 0 Å². The van der Waals surface area contributed by atoms with E-state index in [9.17, 15) is 9.59 Å². The highest BCUT2D eigenvalue weighted by molar-refractivity contribution is 7.20. The van der Waals surface area contributed by atoms with Crippen LogP contribution in [-0.2, 0) is 4.79 Å². The van der Waals surface area contributed by atoms with E-state index >= 15 is 0 Å². The molecular weight excluding hydrogens is 398 g/mol. The van der Waals surface area contributed by atoms with E-state index in [0.717, 1.165) is 33.5 Å². The Kier molecular flexibility index (Phi) is 5.99. The van der Waals surface area contributed by atoms with E-state index in [-0.39, 0.29) is 11.8 Å². The van der Waals surface area contributed by atoms with Crippen molar-refractivity contribution in [3.05, 3.63) is 58.6 Å². The van der Waals surface area contributed by atoms with Crippen LogP contribution in [0.2, 0.25) is 0 Å². The average molecular weight is 424 g/mol. The number of hydrogen-bond acceptors (Lipinski definition) is 5. The lowest BCUT2D eigenvalue weighted by Gasteiger charge is -2.17. The number of rotatable bonds is 7. The number of nitrogens with zero attached hydrogens (tertiary/aromatic N) is 2. The number of thiophene rings is 1. The molecule has 1 saturated heterocycles. The fourth-order valence-corrected chi connectivity index (χ4v) is 5.13. The van der Waals surface area contributed by atoms with Crippen molar-refractivity contribution in [2.45, 2.75) is 32.1 Å². The second-order valence-electron chi connectivity index (χ2n) is 7.61. The van der Waals surface area contributed by atoms with Crippen LogP contribution in [0.5, 0.6) is 5.75 Å². The van der Waals surface area contributed by atoms with Gasteiger partial charge in [0.05, 0.1) is 11.5 Å². The van der Waals surface area contributed by atoms with Gasteiger partial charge < -0.3 is 15.4 Å². The maximum absolute atomic E-state index is 12.7. The molecule has 0 saturated carbocycles. The minimum atomic E-state index is -0.425. The molecule has 3 aromatic rings. The molecule has 156 valence electrons. The fraction of sp³-hybridized carbons (Fsp3) is 0.348. The Labute approximate surface area is 179 Å². The summed E-state index contributed by atoms with van der Waals surface area (Å²) in [4.78, 5) is 32.3. The van der Waals surface area contributed by atoms with Crippen molar-refractivity contribution in [1.29, 1.82) is 0 Å². The first kappa shape index (κ1) is 20.3. The van der Waals surface area contributed by atoms with Gasteiger partial charge in [0.15, 0.2) is 0 Å². The summed E-state index contributed by atoms with van der Waals surface area (Å²) in [6.45, 7) is 3.83. The predicted octanol–water partition coefficient (Wildman–Crippen LogP) is 3.88. The van der Waals surface area contributed by atoms with E-state index in [1.165, 1.54) is 11.3 Å². The van der Waals surface area contributed by atoms with Crippen molar-refractivity contribution < 1.29 is 14.3 Å². The molecule has 1 aliphatic rings. The summed E-state index contributed by atoms with van der Waals surface area (Å²) < 4.78 is 5.79. The van der Waals surface area contributed by atoms with Gasteiger partial charge in [-0.3, -0.25) is 9.59 Å². The molecule has 3 heterocycles. The molecule has 1 aromatic carbocycles. The van der Waals surface area contributed by atoms with E-state index < -0.39 is 5.91 Å². The number of primary amides is 1. The number of likely N-dealkylation sites (tertiary alicyclic amines) is 1. The Morgan fingerprint density at radius 1 is 1.27 bits per heavy atom. The predicted molar refractivity (Wildman–Crippen MR) is 118 cm³/mol. The molecule has 0 radical (unpaired) electrons.